The lowest BCUT2D eigenvalue weighted by Crippen LogP contribution is -2.45. The summed E-state index contributed by atoms with van der Waals surface area (Å²) in [7, 11) is 4.43. The summed E-state index contributed by atoms with van der Waals surface area (Å²) in [5.74, 6) is 0.529. The van der Waals surface area contributed by atoms with E-state index in [1.54, 1.807) is 19.1 Å². The molecule has 9 nitrogen and oxygen atoms in total. The Morgan fingerprint density at radius 1 is 1.19 bits per heavy atom. The largest absolute Gasteiger partial charge is 0.493 e. The highest BCUT2D eigenvalue weighted by Crippen LogP contribution is 2.41. The third-order valence-electron chi connectivity index (χ3n) is 3.96. The van der Waals surface area contributed by atoms with Gasteiger partial charge in [0.25, 0.3) is 0 Å². The molecule has 1 aliphatic heterocycles. The fourth-order valence-corrected chi connectivity index (χ4v) is 2.75. The topological polar surface area (TPSA) is 119 Å². The highest BCUT2D eigenvalue weighted by Gasteiger charge is 2.33. The predicted molar refractivity (Wildman–Crippen MR) is 94.4 cm³/mol. The molecule has 144 valence electrons. The van der Waals surface area contributed by atoms with E-state index >= 15 is 0 Å². The van der Waals surface area contributed by atoms with Gasteiger partial charge < -0.3 is 29.6 Å². The summed E-state index contributed by atoms with van der Waals surface area (Å²) in [5, 5.41) is 13.9. The van der Waals surface area contributed by atoms with Crippen LogP contribution in [0.1, 0.15) is 24.9 Å². The van der Waals surface area contributed by atoms with Crippen LogP contribution in [-0.2, 0) is 9.53 Å². The first kappa shape index (κ1) is 19.9. The van der Waals surface area contributed by atoms with Gasteiger partial charge in [-0.25, -0.2) is 9.59 Å². The van der Waals surface area contributed by atoms with Crippen LogP contribution in [0.5, 0.6) is 17.2 Å². The van der Waals surface area contributed by atoms with Gasteiger partial charge in [-0.15, -0.1) is 0 Å². The third-order valence-corrected chi connectivity index (χ3v) is 3.96. The monoisotopic (exact) mass is 375 g/mol. The number of hydrogen-bond donors (Lipinski definition) is 2. The minimum Gasteiger partial charge on any atom is -0.493 e. The number of nitrogens with one attached hydrogen (secondary N) is 2. The van der Waals surface area contributed by atoms with Crippen molar-refractivity contribution in [2.75, 3.05) is 27.9 Å². The number of nitriles is 1. The van der Waals surface area contributed by atoms with E-state index in [0.29, 0.717) is 28.5 Å². The second-order valence-electron chi connectivity index (χ2n) is 5.57. The molecular weight excluding hydrogens is 354 g/mol. The first-order valence-corrected chi connectivity index (χ1v) is 8.09. The molecule has 0 spiro atoms. The number of methoxy groups -OCH3 is 3. The lowest BCUT2D eigenvalue weighted by Gasteiger charge is -2.28. The van der Waals surface area contributed by atoms with Crippen LogP contribution in [0.4, 0.5) is 4.79 Å². The Labute approximate surface area is 156 Å². The number of esters is 1. The number of urea groups is 1. The van der Waals surface area contributed by atoms with E-state index in [0.717, 1.165) is 0 Å². The summed E-state index contributed by atoms with van der Waals surface area (Å²) in [6, 6.07) is 3.95. The highest BCUT2D eigenvalue weighted by molar-refractivity contribution is 5.95. The summed E-state index contributed by atoms with van der Waals surface area (Å²) in [5.41, 5.74) is 1.13. The lowest BCUT2D eigenvalue weighted by molar-refractivity contribution is -0.139. The van der Waals surface area contributed by atoms with Crippen molar-refractivity contribution in [2.24, 2.45) is 0 Å². The van der Waals surface area contributed by atoms with Crippen LogP contribution in [0.3, 0.4) is 0 Å². The van der Waals surface area contributed by atoms with Crippen molar-refractivity contribution in [1.82, 2.24) is 10.6 Å². The second kappa shape index (κ2) is 8.80. The van der Waals surface area contributed by atoms with Crippen LogP contribution in [-0.4, -0.2) is 39.9 Å². The zero-order valence-electron chi connectivity index (χ0n) is 15.5. The molecule has 2 amide bonds. The first-order chi connectivity index (χ1) is 13.0. The Morgan fingerprint density at radius 2 is 1.81 bits per heavy atom. The average molecular weight is 375 g/mol. The molecule has 1 unspecified atom stereocenters. The van der Waals surface area contributed by atoms with E-state index in [9.17, 15) is 9.59 Å². The number of ether oxygens (including phenoxy) is 4. The highest BCUT2D eigenvalue weighted by atomic mass is 16.5. The van der Waals surface area contributed by atoms with Gasteiger partial charge in [-0.1, -0.05) is 0 Å². The maximum Gasteiger partial charge on any atom is 0.338 e. The molecule has 0 saturated heterocycles. The standard InChI is InChI=1S/C18H21N3O6/c1-10-14(17(22)27-7-5-6-19)15(21-18(23)20-10)11-8-12(24-2)16(26-4)13(9-11)25-3/h8-9,15H,5,7H2,1-4H3,(H2,20,21,23). The molecule has 9 heteroatoms. The van der Waals surface area contributed by atoms with E-state index < -0.39 is 18.0 Å². The lowest BCUT2D eigenvalue weighted by atomic mass is 9.95. The Morgan fingerprint density at radius 3 is 2.33 bits per heavy atom. The van der Waals surface area contributed by atoms with Gasteiger partial charge in [-0.3, -0.25) is 0 Å². The van der Waals surface area contributed by atoms with Crippen molar-refractivity contribution < 1.29 is 28.5 Å². The Balaban J connectivity index is 2.50. The number of carbonyl (C=O) groups excluding carboxylic acids is 2. The number of allylic oxidation sites excluding steroid dienone is 1. The van der Waals surface area contributed by atoms with Gasteiger partial charge in [0.05, 0.1) is 45.4 Å². The van der Waals surface area contributed by atoms with Crippen LogP contribution in [0.25, 0.3) is 0 Å². The third kappa shape index (κ3) is 4.23. The molecule has 1 aliphatic rings. The van der Waals surface area contributed by atoms with Gasteiger partial charge in [-0.05, 0) is 24.6 Å². The zero-order valence-corrected chi connectivity index (χ0v) is 15.5. The van der Waals surface area contributed by atoms with Crippen molar-refractivity contribution >= 4 is 12.0 Å². The number of benzene rings is 1. The minimum atomic E-state index is -0.790. The number of carbonyl (C=O) groups is 2. The quantitative estimate of drug-likeness (QED) is 0.551. The van der Waals surface area contributed by atoms with Crippen molar-refractivity contribution in [3.63, 3.8) is 0 Å². The molecule has 2 N–H and O–H groups in total. The van der Waals surface area contributed by atoms with Crippen molar-refractivity contribution in [1.29, 1.82) is 5.26 Å². The van der Waals surface area contributed by atoms with Gasteiger partial charge in [0.15, 0.2) is 11.5 Å². The van der Waals surface area contributed by atoms with E-state index in [4.69, 9.17) is 24.2 Å². The molecule has 2 rings (SSSR count). The molecule has 27 heavy (non-hydrogen) atoms. The molecule has 0 radical (unpaired) electrons. The van der Waals surface area contributed by atoms with E-state index in [1.807, 2.05) is 6.07 Å². The number of rotatable bonds is 7. The molecule has 0 saturated carbocycles. The fraction of sp³-hybridized carbons (Fsp3) is 0.389. The van der Waals surface area contributed by atoms with Crippen LogP contribution >= 0.6 is 0 Å². The minimum absolute atomic E-state index is 0.0396. The van der Waals surface area contributed by atoms with Gasteiger partial charge >= 0.3 is 12.0 Å². The van der Waals surface area contributed by atoms with Crippen LogP contribution in [0.15, 0.2) is 23.4 Å². The van der Waals surface area contributed by atoms with Crippen LogP contribution in [0, 0.1) is 11.3 Å². The molecule has 1 aromatic rings. The predicted octanol–water partition coefficient (Wildman–Crippen LogP) is 1.80. The zero-order chi connectivity index (χ0) is 20.0. The number of amides is 2. The summed E-state index contributed by atoms with van der Waals surface area (Å²) in [4.78, 5) is 24.5. The Kier molecular flexibility index (Phi) is 6.49. The molecule has 0 bridgehead atoms. The second-order valence-corrected chi connectivity index (χ2v) is 5.57. The van der Waals surface area contributed by atoms with E-state index in [2.05, 4.69) is 10.6 Å². The van der Waals surface area contributed by atoms with Gasteiger partial charge in [0.1, 0.15) is 6.61 Å². The van der Waals surface area contributed by atoms with Crippen molar-refractivity contribution in [2.45, 2.75) is 19.4 Å². The molecule has 0 aliphatic carbocycles. The Bertz CT molecular complexity index is 787. The van der Waals surface area contributed by atoms with Gasteiger partial charge in [0.2, 0.25) is 5.75 Å². The first-order valence-electron chi connectivity index (χ1n) is 8.09. The summed E-state index contributed by atoms with van der Waals surface area (Å²) >= 11 is 0. The van der Waals surface area contributed by atoms with E-state index in [1.165, 1.54) is 21.3 Å². The molecule has 0 fully saturated rings. The van der Waals surface area contributed by atoms with Crippen LogP contribution in [0.2, 0.25) is 0 Å². The van der Waals surface area contributed by atoms with Crippen LogP contribution < -0.4 is 24.8 Å². The Hall–Kier alpha value is -3.41. The van der Waals surface area contributed by atoms with E-state index in [-0.39, 0.29) is 18.6 Å². The summed E-state index contributed by atoms with van der Waals surface area (Å²) in [6.45, 7) is 1.56. The number of hydrogen-bond acceptors (Lipinski definition) is 7. The van der Waals surface area contributed by atoms with Gasteiger partial charge in [-0.2, -0.15) is 5.26 Å². The molecule has 1 atom stereocenters. The summed E-state index contributed by atoms with van der Waals surface area (Å²) < 4.78 is 21.1. The van der Waals surface area contributed by atoms with Crippen molar-refractivity contribution in [3.05, 3.63) is 29.0 Å². The maximum absolute atomic E-state index is 12.5. The van der Waals surface area contributed by atoms with Gasteiger partial charge in [0, 0.05) is 5.70 Å². The fourth-order valence-electron chi connectivity index (χ4n) is 2.75. The summed E-state index contributed by atoms with van der Waals surface area (Å²) in [6.07, 6.45) is 0.0761. The maximum atomic E-state index is 12.5. The molecule has 1 aromatic carbocycles. The molecule has 0 aromatic heterocycles. The molecule has 1 heterocycles. The number of nitrogens with zero attached hydrogens (tertiary/aromatic N) is 1. The normalized spacial score (nSPS) is 16.0. The van der Waals surface area contributed by atoms with Crippen molar-refractivity contribution in [3.8, 4) is 23.3 Å². The smallest absolute Gasteiger partial charge is 0.338 e. The average Bonchev–Trinajstić information content (AvgIpc) is 2.66. The molecular formula is C18H21N3O6. The SMILES string of the molecule is COc1cc(C2NC(=O)NC(C)=C2C(=O)OCCC#N)cc(OC)c1OC.